The topological polar surface area (TPSA) is 12.0 Å². The van der Waals surface area contributed by atoms with Gasteiger partial charge in [0.15, 0.2) is 0 Å². The third kappa shape index (κ3) is 2.59. The van der Waals surface area contributed by atoms with Crippen LogP contribution in [0.25, 0.3) is 0 Å². The zero-order valence-corrected chi connectivity index (χ0v) is 10.3. The summed E-state index contributed by atoms with van der Waals surface area (Å²) < 4.78 is 0. The van der Waals surface area contributed by atoms with Crippen LogP contribution in [0.2, 0.25) is 15.1 Å². The molecule has 0 aromatic heterocycles. The van der Waals surface area contributed by atoms with Gasteiger partial charge >= 0.3 is 0 Å². The van der Waals surface area contributed by atoms with Gasteiger partial charge in [-0.1, -0.05) is 34.8 Å². The zero-order chi connectivity index (χ0) is 10.8. The van der Waals surface area contributed by atoms with Crippen molar-refractivity contribution in [1.29, 1.82) is 0 Å². The lowest BCUT2D eigenvalue weighted by Gasteiger charge is -2.24. The van der Waals surface area contributed by atoms with E-state index in [1.54, 1.807) is 0 Å². The summed E-state index contributed by atoms with van der Waals surface area (Å²) in [5.74, 6) is 0. The minimum Gasteiger partial charge on any atom is -0.310 e. The normalized spacial score (nSPS) is 21.7. The van der Waals surface area contributed by atoms with Crippen molar-refractivity contribution in [3.8, 4) is 0 Å². The largest absolute Gasteiger partial charge is 0.310 e. The molecule has 1 atom stereocenters. The first kappa shape index (κ1) is 11.5. The molecule has 15 heavy (non-hydrogen) atoms. The molecule has 1 fully saturated rings. The van der Waals surface area contributed by atoms with E-state index < -0.39 is 0 Å². The van der Waals surface area contributed by atoms with Gasteiger partial charge in [0.2, 0.25) is 0 Å². The standard InChI is InChI=1S/C11H11Cl3N/c12-8-5-7(6-9(13)11(8)14)10-3-1-2-4-15-10/h3,5-6,10,15H,1-2,4H2. The fourth-order valence-corrected chi connectivity index (χ4v) is 2.35. The summed E-state index contributed by atoms with van der Waals surface area (Å²) in [7, 11) is 0. The Morgan fingerprint density at radius 3 is 2.33 bits per heavy atom. The first-order chi connectivity index (χ1) is 7.18. The van der Waals surface area contributed by atoms with Gasteiger partial charge < -0.3 is 5.32 Å². The summed E-state index contributed by atoms with van der Waals surface area (Å²) >= 11 is 17.9. The average Bonchev–Trinajstić information content (AvgIpc) is 2.26. The van der Waals surface area contributed by atoms with Gasteiger partial charge in [0.25, 0.3) is 0 Å². The summed E-state index contributed by atoms with van der Waals surface area (Å²) in [6.45, 7) is 1.03. The molecule has 1 N–H and O–H groups in total. The highest BCUT2D eigenvalue weighted by Crippen LogP contribution is 2.34. The van der Waals surface area contributed by atoms with Gasteiger partial charge in [-0.15, -0.1) is 0 Å². The van der Waals surface area contributed by atoms with Gasteiger partial charge in [-0.2, -0.15) is 0 Å². The van der Waals surface area contributed by atoms with E-state index in [0.717, 1.165) is 18.5 Å². The first-order valence-electron chi connectivity index (χ1n) is 4.89. The van der Waals surface area contributed by atoms with Crippen LogP contribution in [-0.4, -0.2) is 6.54 Å². The van der Waals surface area contributed by atoms with Crippen LogP contribution in [0, 0.1) is 6.42 Å². The lowest BCUT2D eigenvalue weighted by atomic mass is 9.98. The summed E-state index contributed by atoms with van der Waals surface area (Å²) in [6.07, 6.45) is 4.54. The molecule has 1 nitrogen and oxygen atoms in total. The van der Waals surface area contributed by atoms with Crippen molar-refractivity contribution in [3.63, 3.8) is 0 Å². The predicted octanol–water partition coefficient (Wildman–Crippen LogP) is 4.28. The van der Waals surface area contributed by atoms with Gasteiger partial charge in [-0.25, -0.2) is 0 Å². The molecular formula is C11H11Cl3N. The van der Waals surface area contributed by atoms with Crippen molar-refractivity contribution in [2.45, 2.75) is 18.9 Å². The van der Waals surface area contributed by atoms with Crippen LogP contribution in [0.4, 0.5) is 0 Å². The lowest BCUT2D eigenvalue weighted by molar-refractivity contribution is 0.499. The van der Waals surface area contributed by atoms with Crippen LogP contribution in [0.3, 0.4) is 0 Å². The molecule has 1 heterocycles. The number of nitrogens with one attached hydrogen (secondary N) is 1. The molecule has 1 aromatic rings. The Hall–Kier alpha value is 0.0500. The SMILES string of the molecule is Clc1cc(C2[CH]CCCN2)cc(Cl)c1Cl. The molecule has 1 aliphatic rings. The molecule has 4 heteroatoms. The monoisotopic (exact) mass is 262 g/mol. The average molecular weight is 264 g/mol. The zero-order valence-electron chi connectivity index (χ0n) is 8.06. The van der Waals surface area contributed by atoms with Crippen LogP contribution in [0.5, 0.6) is 0 Å². The number of hydrogen-bond donors (Lipinski definition) is 1. The Bertz CT molecular complexity index is 336. The summed E-state index contributed by atoms with van der Waals surface area (Å²) in [6, 6.07) is 3.98. The van der Waals surface area contributed by atoms with Gasteiger partial charge in [-0.05, 0) is 43.5 Å². The van der Waals surface area contributed by atoms with Crippen molar-refractivity contribution in [1.82, 2.24) is 5.32 Å². The highest BCUT2D eigenvalue weighted by Gasteiger charge is 2.17. The highest BCUT2D eigenvalue weighted by molar-refractivity contribution is 6.48. The van der Waals surface area contributed by atoms with Crippen molar-refractivity contribution in [2.75, 3.05) is 6.54 Å². The molecule has 1 aromatic carbocycles. The van der Waals surface area contributed by atoms with Crippen molar-refractivity contribution < 1.29 is 0 Å². The van der Waals surface area contributed by atoms with E-state index in [9.17, 15) is 0 Å². The molecule has 1 radical (unpaired) electrons. The second kappa shape index (κ2) is 4.92. The number of benzene rings is 1. The van der Waals surface area contributed by atoms with Crippen molar-refractivity contribution in [2.24, 2.45) is 0 Å². The van der Waals surface area contributed by atoms with E-state index in [-0.39, 0.29) is 6.04 Å². The number of rotatable bonds is 1. The Balaban J connectivity index is 2.27. The van der Waals surface area contributed by atoms with Crippen LogP contribution < -0.4 is 5.32 Å². The lowest BCUT2D eigenvalue weighted by Crippen LogP contribution is -2.27. The second-order valence-electron chi connectivity index (χ2n) is 3.61. The van der Waals surface area contributed by atoms with E-state index in [2.05, 4.69) is 11.7 Å². The molecule has 81 valence electrons. The van der Waals surface area contributed by atoms with Gasteiger partial charge in [0.05, 0.1) is 15.1 Å². The van der Waals surface area contributed by atoms with E-state index in [1.807, 2.05) is 12.1 Å². The third-order valence-corrected chi connectivity index (χ3v) is 3.71. The Morgan fingerprint density at radius 2 is 1.80 bits per heavy atom. The molecule has 0 saturated carbocycles. The molecule has 1 unspecified atom stereocenters. The van der Waals surface area contributed by atoms with E-state index in [0.29, 0.717) is 15.1 Å². The first-order valence-corrected chi connectivity index (χ1v) is 6.03. The highest BCUT2D eigenvalue weighted by atomic mass is 35.5. The molecule has 2 rings (SSSR count). The fourth-order valence-electron chi connectivity index (χ4n) is 1.74. The van der Waals surface area contributed by atoms with Crippen LogP contribution in [0.15, 0.2) is 12.1 Å². The minimum atomic E-state index is 0.242. The Labute approximate surface area is 105 Å². The maximum absolute atomic E-state index is 5.98. The van der Waals surface area contributed by atoms with Gasteiger partial charge in [0.1, 0.15) is 0 Å². The van der Waals surface area contributed by atoms with E-state index >= 15 is 0 Å². The predicted molar refractivity (Wildman–Crippen MR) is 65.7 cm³/mol. The van der Waals surface area contributed by atoms with Gasteiger partial charge in [0, 0.05) is 6.04 Å². The quantitative estimate of drug-likeness (QED) is 0.746. The van der Waals surface area contributed by atoms with E-state index in [4.69, 9.17) is 34.8 Å². The Morgan fingerprint density at radius 1 is 1.13 bits per heavy atom. The maximum Gasteiger partial charge on any atom is 0.0778 e. The minimum absolute atomic E-state index is 0.242. The molecule has 1 aliphatic heterocycles. The number of halogens is 3. The van der Waals surface area contributed by atoms with Gasteiger partial charge in [-0.3, -0.25) is 0 Å². The Kier molecular flexibility index (Phi) is 3.78. The van der Waals surface area contributed by atoms with Crippen LogP contribution in [-0.2, 0) is 0 Å². The van der Waals surface area contributed by atoms with Crippen molar-refractivity contribution >= 4 is 34.8 Å². The molecular weight excluding hydrogens is 252 g/mol. The number of piperidine rings is 1. The molecule has 0 aliphatic carbocycles. The molecule has 1 saturated heterocycles. The second-order valence-corrected chi connectivity index (χ2v) is 4.80. The summed E-state index contributed by atoms with van der Waals surface area (Å²) in [5, 5.41) is 4.85. The number of hydrogen-bond acceptors (Lipinski definition) is 1. The molecule has 0 spiro atoms. The smallest absolute Gasteiger partial charge is 0.0778 e. The van der Waals surface area contributed by atoms with Crippen LogP contribution in [0.1, 0.15) is 24.4 Å². The van der Waals surface area contributed by atoms with E-state index in [1.165, 1.54) is 6.42 Å². The fraction of sp³-hybridized carbons (Fsp3) is 0.364. The molecule has 0 bridgehead atoms. The summed E-state index contributed by atoms with van der Waals surface area (Å²) in [4.78, 5) is 0. The summed E-state index contributed by atoms with van der Waals surface area (Å²) in [5.41, 5.74) is 1.08. The van der Waals surface area contributed by atoms with Crippen LogP contribution >= 0.6 is 34.8 Å². The third-order valence-electron chi connectivity index (χ3n) is 2.51. The maximum atomic E-state index is 5.98. The van der Waals surface area contributed by atoms with Crippen molar-refractivity contribution in [3.05, 3.63) is 39.2 Å². The molecule has 0 amide bonds.